The van der Waals surface area contributed by atoms with Gasteiger partial charge in [-0.25, -0.2) is 0 Å². The van der Waals surface area contributed by atoms with Gasteiger partial charge < -0.3 is 15.2 Å². The number of benzene rings is 1. The van der Waals surface area contributed by atoms with Crippen LogP contribution in [0.4, 0.5) is 5.69 Å². The van der Waals surface area contributed by atoms with E-state index in [1.807, 2.05) is 18.2 Å². The first kappa shape index (κ1) is 15.0. The highest BCUT2D eigenvalue weighted by molar-refractivity contribution is 5.55. The molecule has 0 amide bonds. The Morgan fingerprint density at radius 1 is 1.25 bits per heavy atom. The van der Waals surface area contributed by atoms with Crippen molar-refractivity contribution in [3.8, 4) is 11.5 Å². The van der Waals surface area contributed by atoms with Gasteiger partial charge in [0.25, 0.3) is 0 Å². The minimum Gasteiger partial charge on any atom is -0.497 e. The molecule has 1 saturated carbocycles. The molecule has 3 unspecified atom stereocenters. The van der Waals surface area contributed by atoms with E-state index in [1.165, 1.54) is 12.8 Å². The van der Waals surface area contributed by atoms with Crippen LogP contribution < -0.4 is 15.2 Å². The minimum atomic E-state index is 0.258. The van der Waals surface area contributed by atoms with Crippen LogP contribution in [0, 0.1) is 17.8 Å². The Kier molecular flexibility index (Phi) is 4.79. The molecule has 1 aliphatic carbocycles. The molecule has 3 atom stereocenters. The number of hydrogen-bond acceptors (Lipinski definition) is 3. The van der Waals surface area contributed by atoms with Gasteiger partial charge in [-0.15, -0.1) is 0 Å². The number of hydrogen-bond donors (Lipinski definition) is 1. The second kappa shape index (κ2) is 6.38. The summed E-state index contributed by atoms with van der Waals surface area (Å²) < 4.78 is 11.5. The van der Waals surface area contributed by atoms with Crippen LogP contribution >= 0.6 is 0 Å². The maximum Gasteiger partial charge on any atom is 0.146 e. The lowest BCUT2D eigenvalue weighted by Crippen LogP contribution is -2.36. The third kappa shape index (κ3) is 3.38. The van der Waals surface area contributed by atoms with Gasteiger partial charge in [0.2, 0.25) is 0 Å². The van der Waals surface area contributed by atoms with E-state index in [1.54, 1.807) is 7.11 Å². The van der Waals surface area contributed by atoms with Crippen molar-refractivity contribution in [3.05, 3.63) is 18.2 Å². The maximum atomic E-state index is 6.27. The highest BCUT2D eigenvalue weighted by Gasteiger charge is 2.32. The molecule has 3 heteroatoms. The van der Waals surface area contributed by atoms with Crippen LogP contribution in [0.2, 0.25) is 0 Å². The zero-order valence-electron chi connectivity index (χ0n) is 13.1. The highest BCUT2D eigenvalue weighted by atomic mass is 16.5. The lowest BCUT2D eigenvalue weighted by molar-refractivity contribution is 0.0464. The Hall–Kier alpha value is -1.38. The quantitative estimate of drug-likeness (QED) is 0.842. The van der Waals surface area contributed by atoms with Gasteiger partial charge >= 0.3 is 0 Å². The molecule has 1 aromatic rings. The second-order valence-corrected chi connectivity index (χ2v) is 6.39. The molecule has 2 N–H and O–H groups in total. The SMILES string of the molecule is COc1ccc(N)c(OC2CC(C)CCC2C(C)C)c1. The standard InChI is InChI=1S/C17H27NO2/c1-11(2)14-7-5-12(3)9-16(14)20-17-10-13(19-4)6-8-15(17)18/h6,8,10-12,14,16H,5,7,9,18H2,1-4H3. The van der Waals surface area contributed by atoms with E-state index >= 15 is 0 Å². The van der Waals surface area contributed by atoms with Crippen LogP contribution in [0.3, 0.4) is 0 Å². The average Bonchev–Trinajstić information content (AvgIpc) is 2.41. The number of ether oxygens (including phenoxy) is 2. The van der Waals surface area contributed by atoms with Crippen LogP contribution in [-0.2, 0) is 0 Å². The highest BCUT2D eigenvalue weighted by Crippen LogP contribution is 2.38. The molecule has 0 saturated heterocycles. The first-order valence-corrected chi connectivity index (χ1v) is 7.61. The molecule has 1 fully saturated rings. The summed E-state index contributed by atoms with van der Waals surface area (Å²) in [6.45, 7) is 6.87. The zero-order chi connectivity index (χ0) is 14.7. The Labute approximate surface area is 122 Å². The predicted octanol–water partition coefficient (Wildman–Crippen LogP) is 4.12. The predicted molar refractivity (Wildman–Crippen MR) is 83.2 cm³/mol. The van der Waals surface area contributed by atoms with E-state index in [4.69, 9.17) is 15.2 Å². The van der Waals surface area contributed by atoms with Gasteiger partial charge in [-0.2, -0.15) is 0 Å². The van der Waals surface area contributed by atoms with E-state index < -0.39 is 0 Å². The van der Waals surface area contributed by atoms with E-state index in [0.717, 1.165) is 23.8 Å². The number of anilines is 1. The Balaban J connectivity index is 2.17. The molecule has 2 rings (SSSR count). The van der Waals surface area contributed by atoms with Gasteiger partial charge in [-0.1, -0.05) is 27.2 Å². The fourth-order valence-electron chi connectivity index (χ4n) is 3.16. The lowest BCUT2D eigenvalue weighted by Gasteiger charge is -2.37. The molecule has 3 nitrogen and oxygen atoms in total. The molecular weight excluding hydrogens is 250 g/mol. The molecular formula is C17H27NO2. The van der Waals surface area contributed by atoms with Crippen LogP contribution in [-0.4, -0.2) is 13.2 Å². The van der Waals surface area contributed by atoms with E-state index in [2.05, 4.69) is 20.8 Å². The van der Waals surface area contributed by atoms with Gasteiger partial charge in [-0.05, 0) is 42.7 Å². The fraction of sp³-hybridized carbons (Fsp3) is 0.647. The molecule has 1 aromatic carbocycles. The molecule has 0 aromatic heterocycles. The van der Waals surface area contributed by atoms with Crippen LogP contribution in [0.25, 0.3) is 0 Å². The molecule has 1 aliphatic rings. The number of rotatable bonds is 4. The topological polar surface area (TPSA) is 44.5 Å². The van der Waals surface area contributed by atoms with Crippen molar-refractivity contribution >= 4 is 5.69 Å². The number of methoxy groups -OCH3 is 1. The normalized spacial score (nSPS) is 26.6. The van der Waals surface area contributed by atoms with Gasteiger partial charge in [-0.3, -0.25) is 0 Å². The summed E-state index contributed by atoms with van der Waals surface area (Å²) >= 11 is 0. The van der Waals surface area contributed by atoms with Gasteiger partial charge in [0, 0.05) is 6.07 Å². The molecule has 112 valence electrons. The molecule has 0 bridgehead atoms. The summed E-state index contributed by atoms with van der Waals surface area (Å²) in [5, 5.41) is 0. The third-order valence-corrected chi connectivity index (χ3v) is 4.46. The van der Waals surface area contributed by atoms with Crippen LogP contribution in [0.15, 0.2) is 18.2 Å². The number of nitrogens with two attached hydrogens (primary N) is 1. The average molecular weight is 277 g/mol. The summed E-state index contributed by atoms with van der Waals surface area (Å²) in [5.74, 6) is 3.52. The van der Waals surface area contributed by atoms with Crippen molar-refractivity contribution in [1.82, 2.24) is 0 Å². The van der Waals surface area contributed by atoms with Gasteiger partial charge in [0.1, 0.15) is 17.6 Å². The monoisotopic (exact) mass is 277 g/mol. The molecule has 0 heterocycles. The minimum absolute atomic E-state index is 0.258. The van der Waals surface area contributed by atoms with Crippen molar-refractivity contribution in [3.63, 3.8) is 0 Å². The first-order chi connectivity index (χ1) is 9.51. The summed E-state index contributed by atoms with van der Waals surface area (Å²) in [6, 6.07) is 5.61. The summed E-state index contributed by atoms with van der Waals surface area (Å²) in [6.07, 6.45) is 3.91. The molecule has 0 radical (unpaired) electrons. The maximum absolute atomic E-state index is 6.27. The van der Waals surface area contributed by atoms with E-state index in [0.29, 0.717) is 17.5 Å². The fourth-order valence-corrected chi connectivity index (χ4v) is 3.16. The summed E-state index contributed by atoms with van der Waals surface area (Å²) in [4.78, 5) is 0. The summed E-state index contributed by atoms with van der Waals surface area (Å²) in [5.41, 5.74) is 6.72. The van der Waals surface area contributed by atoms with E-state index in [-0.39, 0.29) is 6.10 Å². The number of nitrogen functional groups attached to an aromatic ring is 1. The molecule has 20 heavy (non-hydrogen) atoms. The Morgan fingerprint density at radius 3 is 2.65 bits per heavy atom. The largest absolute Gasteiger partial charge is 0.497 e. The third-order valence-electron chi connectivity index (χ3n) is 4.46. The van der Waals surface area contributed by atoms with Gasteiger partial charge in [0.05, 0.1) is 12.8 Å². The van der Waals surface area contributed by atoms with Gasteiger partial charge in [0.15, 0.2) is 0 Å². The second-order valence-electron chi connectivity index (χ2n) is 6.39. The summed E-state index contributed by atoms with van der Waals surface area (Å²) in [7, 11) is 1.66. The lowest BCUT2D eigenvalue weighted by atomic mass is 9.75. The van der Waals surface area contributed by atoms with Crippen molar-refractivity contribution in [2.24, 2.45) is 17.8 Å². The van der Waals surface area contributed by atoms with Crippen molar-refractivity contribution in [2.45, 2.75) is 46.1 Å². The zero-order valence-corrected chi connectivity index (χ0v) is 13.1. The van der Waals surface area contributed by atoms with Crippen molar-refractivity contribution < 1.29 is 9.47 Å². The molecule has 0 spiro atoms. The Bertz CT molecular complexity index is 445. The Morgan fingerprint density at radius 2 is 2.00 bits per heavy atom. The van der Waals surface area contributed by atoms with Crippen LogP contribution in [0.1, 0.15) is 40.0 Å². The van der Waals surface area contributed by atoms with Crippen molar-refractivity contribution in [1.29, 1.82) is 0 Å². The molecule has 0 aliphatic heterocycles. The van der Waals surface area contributed by atoms with Crippen molar-refractivity contribution in [2.75, 3.05) is 12.8 Å². The van der Waals surface area contributed by atoms with Crippen LogP contribution in [0.5, 0.6) is 11.5 Å². The smallest absolute Gasteiger partial charge is 0.146 e. The first-order valence-electron chi connectivity index (χ1n) is 7.61. The van der Waals surface area contributed by atoms with E-state index in [9.17, 15) is 0 Å².